The first-order valence-corrected chi connectivity index (χ1v) is 13.7. The number of halogens is 3. The summed E-state index contributed by atoms with van der Waals surface area (Å²) in [6.07, 6.45) is -0.851. The average molecular weight is 518 g/mol. The van der Waals surface area contributed by atoms with Crippen LogP contribution in [-0.4, -0.2) is 56.6 Å². The van der Waals surface area contributed by atoms with Crippen LogP contribution in [0.2, 0.25) is 0 Å². The predicted octanol–water partition coefficient (Wildman–Crippen LogP) is 3.19. The Kier molecular flexibility index (Phi) is 8.48. The number of methoxy groups -OCH3 is 1. The summed E-state index contributed by atoms with van der Waals surface area (Å²) in [6, 6.07) is 10.0. The zero-order valence-electron chi connectivity index (χ0n) is 18.4. The number of hydrogen-bond acceptors (Lipinski definition) is 7. The van der Waals surface area contributed by atoms with Crippen molar-refractivity contribution in [2.75, 3.05) is 48.8 Å². The molecule has 0 aliphatic carbocycles. The van der Waals surface area contributed by atoms with E-state index in [-0.39, 0.29) is 28.9 Å². The van der Waals surface area contributed by atoms with Gasteiger partial charge in [-0.25, -0.2) is 4.39 Å². The van der Waals surface area contributed by atoms with Crippen molar-refractivity contribution < 1.29 is 18.5 Å². The molecule has 0 spiro atoms. The van der Waals surface area contributed by atoms with E-state index in [1.165, 1.54) is 19.2 Å². The molecule has 3 unspecified atom stereocenters. The van der Waals surface area contributed by atoms with Crippen molar-refractivity contribution in [2.24, 2.45) is 0 Å². The summed E-state index contributed by atoms with van der Waals surface area (Å²) < 4.78 is 32.3. The Labute approximate surface area is 202 Å². The largest absolute Gasteiger partial charge is 0.494 e. The van der Waals surface area contributed by atoms with E-state index in [0.29, 0.717) is 12.2 Å². The van der Waals surface area contributed by atoms with E-state index in [0.717, 1.165) is 11.0 Å². The van der Waals surface area contributed by atoms with Crippen LogP contribution in [-0.2, 0) is 9.36 Å². The first kappa shape index (κ1) is 25.6. The highest BCUT2D eigenvalue weighted by molar-refractivity contribution is 7.70. The number of alkyl halides is 2. The van der Waals surface area contributed by atoms with Gasteiger partial charge in [0.1, 0.15) is 25.1 Å². The van der Waals surface area contributed by atoms with E-state index in [1.807, 2.05) is 24.3 Å². The molecule has 180 valence electrons. The molecule has 5 N–H and O–H groups in total. The Morgan fingerprint density at radius 1 is 1.21 bits per heavy atom. The smallest absolute Gasteiger partial charge is 0.239 e. The van der Waals surface area contributed by atoms with Crippen molar-refractivity contribution in [3.8, 4) is 5.75 Å². The van der Waals surface area contributed by atoms with Gasteiger partial charge in [0.15, 0.2) is 5.82 Å². The van der Waals surface area contributed by atoms with Gasteiger partial charge in [-0.3, -0.25) is 15.4 Å². The van der Waals surface area contributed by atoms with Gasteiger partial charge in [0.25, 0.3) is 0 Å². The Morgan fingerprint density at radius 3 is 2.61 bits per heavy atom. The van der Waals surface area contributed by atoms with Crippen LogP contribution < -0.4 is 36.6 Å². The molecule has 1 aliphatic heterocycles. The number of para-hydroxylation sites is 1. The summed E-state index contributed by atoms with van der Waals surface area (Å²) in [6.45, 7) is 3.88. The molecule has 3 rings (SSSR count). The quantitative estimate of drug-likeness (QED) is 0.270. The lowest BCUT2D eigenvalue weighted by Crippen LogP contribution is -2.64. The van der Waals surface area contributed by atoms with Crippen molar-refractivity contribution in [1.29, 1.82) is 0 Å². The topological polar surface area (TPSA) is 104 Å². The van der Waals surface area contributed by atoms with Crippen LogP contribution in [0.4, 0.5) is 21.5 Å². The Balaban J connectivity index is 1.79. The number of carbonyl (C=O) groups excluding carboxylic acids is 1. The third-order valence-electron chi connectivity index (χ3n) is 5.00. The molecule has 0 saturated carbocycles. The molecular weight excluding hydrogens is 491 g/mol. The van der Waals surface area contributed by atoms with E-state index in [9.17, 15) is 13.8 Å². The molecular formula is C21H27Cl2FN5O3P. The molecule has 3 atom stereocenters. The summed E-state index contributed by atoms with van der Waals surface area (Å²) in [5.74, 6) is -1.23. The molecule has 2 aromatic carbocycles. The van der Waals surface area contributed by atoms with E-state index < -0.39 is 25.2 Å². The van der Waals surface area contributed by atoms with E-state index in [4.69, 9.17) is 27.9 Å². The lowest BCUT2D eigenvalue weighted by Gasteiger charge is -2.37. The highest BCUT2D eigenvalue weighted by Gasteiger charge is 2.30. The fourth-order valence-corrected chi connectivity index (χ4v) is 4.88. The van der Waals surface area contributed by atoms with E-state index >= 15 is 0 Å². The molecule has 12 heteroatoms. The lowest BCUT2D eigenvalue weighted by molar-refractivity contribution is -0.113. The molecule has 1 amide bonds. The number of hydrogen-bond donors (Lipinski definition) is 5. The Bertz CT molecular complexity index is 1050. The second-order valence-electron chi connectivity index (χ2n) is 7.87. The molecule has 0 bridgehead atoms. The number of rotatable bonds is 8. The van der Waals surface area contributed by atoms with Gasteiger partial charge in [0.05, 0.1) is 30.0 Å². The van der Waals surface area contributed by atoms with Gasteiger partial charge in [-0.15, -0.1) is 23.2 Å². The summed E-state index contributed by atoms with van der Waals surface area (Å²) in [5.41, 5.74) is 1.15. The average Bonchev–Trinajstić information content (AvgIpc) is 2.77. The van der Waals surface area contributed by atoms with Gasteiger partial charge < -0.3 is 25.3 Å². The van der Waals surface area contributed by atoms with Crippen LogP contribution in [0.1, 0.15) is 0 Å². The number of anilines is 3. The van der Waals surface area contributed by atoms with E-state index in [1.54, 1.807) is 13.3 Å². The van der Waals surface area contributed by atoms with Gasteiger partial charge in [-0.05, 0) is 31.5 Å². The maximum absolute atomic E-state index is 14.3. The van der Waals surface area contributed by atoms with Crippen molar-refractivity contribution in [3.63, 3.8) is 0 Å². The van der Waals surface area contributed by atoms with Crippen LogP contribution in [0.15, 0.2) is 36.4 Å². The zero-order chi connectivity index (χ0) is 24.2. The van der Waals surface area contributed by atoms with Crippen LogP contribution in [0.3, 0.4) is 0 Å². The SMILES string of the molecule is COc1cc(F)c(NC(=O)CCl)cc1NC1NCC(Cl)C(Nc2ccccc2P(C)(C)=O)N1. The van der Waals surface area contributed by atoms with Crippen LogP contribution in [0, 0.1) is 5.82 Å². The molecule has 2 aromatic rings. The van der Waals surface area contributed by atoms with Gasteiger partial charge >= 0.3 is 0 Å². The molecule has 8 nitrogen and oxygen atoms in total. The standard InChI is InChI=1S/C21H27Cl2FN5O3P/c1-32-17-8-13(24)15(26-19(30)10-22)9-16(17)28-21-25-11-12(23)20(29-21)27-14-6-4-5-7-18(14)33(2,3)31/h4-9,12,20-21,25,27-29H,10-11H2,1-3H3,(H,26,30). The highest BCUT2D eigenvalue weighted by Crippen LogP contribution is 2.38. The first-order chi connectivity index (χ1) is 15.6. The fraction of sp³-hybridized carbons (Fsp3) is 0.381. The van der Waals surface area contributed by atoms with Crippen molar-refractivity contribution in [1.82, 2.24) is 10.6 Å². The first-order valence-electron chi connectivity index (χ1n) is 10.2. The predicted molar refractivity (Wildman–Crippen MR) is 133 cm³/mol. The van der Waals surface area contributed by atoms with Crippen LogP contribution in [0.25, 0.3) is 0 Å². The van der Waals surface area contributed by atoms with Crippen molar-refractivity contribution in [3.05, 3.63) is 42.2 Å². The minimum absolute atomic E-state index is 0.0276. The van der Waals surface area contributed by atoms with Gasteiger partial charge in [-0.1, -0.05) is 12.1 Å². The summed E-state index contributed by atoms with van der Waals surface area (Å²) in [4.78, 5) is 11.6. The van der Waals surface area contributed by atoms with Gasteiger partial charge in [0, 0.05) is 23.6 Å². The molecule has 1 aliphatic rings. The van der Waals surface area contributed by atoms with Crippen molar-refractivity contribution in [2.45, 2.75) is 17.8 Å². The normalized spacial score (nSPS) is 20.7. The minimum atomic E-state index is -2.51. The molecule has 1 saturated heterocycles. The third kappa shape index (κ3) is 6.52. The maximum atomic E-state index is 14.3. The lowest BCUT2D eigenvalue weighted by atomic mass is 10.2. The fourth-order valence-electron chi connectivity index (χ4n) is 3.42. The van der Waals surface area contributed by atoms with Gasteiger partial charge in [0.2, 0.25) is 5.91 Å². The van der Waals surface area contributed by atoms with E-state index in [2.05, 4.69) is 26.6 Å². The maximum Gasteiger partial charge on any atom is 0.239 e. The number of carbonyl (C=O) groups is 1. The van der Waals surface area contributed by atoms with Crippen molar-refractivity contribution >= 4 is 58.6 Å². The second kappa shape index (κ2) is 10.9. The molecule has 0 aromatic heterocycles. The Hall–Kier alpha value is -2.03. The monoisotopic (exact) mass is 517 g/mol. The number of benzene rings is 2. The van der Waals surface area contributed by atoms with Crippen LogP contribution in [0.5, 0.6) is 5.75 Å². The molecule has 1 fully saturated rings. The number of ether oxygens (including phenoxy) is 1. The highest BCUT2D eigenvalue weighted by atomic mass is 35.5. The van der Waals surface area contributed by atoms with Crippen LogP contribution >= 0.6 is 30.3 Å². The molecule has 33 heavy (non-hydrogen) atoms. The number of nitrogens with one attached hydrogen (secondary N) is 5. The summed E-state index contributed by atoms with van der Waals surface area (Å²) in [5, 5.41) is 15.9. The summed E-state index contributed by atoms with van der Waals surface area (Å²) in [7, 11) is -1.09. The minimum Gasteiger partial charge on any atom is -0.494 e. The zero-order valence-corrected chi connectivity index (χ0v) is 20.8. The summed E-state index contributed by atoms with van der Waals surface area (Å²) >= 11 is 12.0. The molecule has 1 heterocycles. The Morgan fingerprint density at radius 2 is 1.94 bits per heavy atom. The third-order valence-corrected chi connectivity index (χ3v) is 7.20. The van der Waals surface area contributed by atoms with Gasteiger partial charge in [-0.2, -0.15) is 0 Å². The second-order valence-corrected chi connectivity index (χ2v) is 11.9. The molecule has 0 radical (unpaired) electrons. The number of amides is 1.